The molecule has 1 aromatic carbocycles. The van der Waals surface area contributed by atoms with Crippen LogP contribution in [0.2, 0.25) is 0 Å². The van der Waals surface area contributed by atoms with Crippen LogP contribution in [0.15, 0.2) is 18.2 Å². The summed E-state index contributed by atoms with van der Waals surface area (Å²) in [7, 11) is 1.00. The molecule has 0 aromatic heterocycles. The number of hydrogen-bond acceptors (Lipinski definition) is 1. The predicted molar refractivity (Wildman–Crippen MR) is 95.1 cm³/mol. The molecule has 0 saturated heterocycles. The molecule has 0 spiro atoms. The van der Waals surface area contributed by atoms with Gasteiger partial charge in [0.1, 0.15) is 0 Å². The lowest BCUT2D eigenvalue weighted by Gasteiger charge is -2.37. The van der Waals surface area contributed by atoms with Crippen LogP contribution in [0.4, 0.5) is 0 Å². The Labute approximate surface area is 132 Å². The minimum Gasteiger partial charge on any atom is -0.400 e. The summed E-state index contributed by atoms with van der Waals surface area (Å²) in [5.74, 6) is 3.14. The summed E-state index contributed by atoms with van der Waals surface area (Å²) >= 11 is 0. The van der Waals surface area contributed by atoms with Gasteiger partial charge in [0.05, 0.1) is 0 Å². The molecular weight excluding hydrogens is 256 g/mol. The molecule has 21 heavy (non-hydrogen) atoms. The van der Waals surface area contributed by atoms with Crippen LogP contribution in [0.3, 0.4) is 0 Å². The van der Waals surface area contributed by atoms with Gasteiger partial charge in [-0.3, -0.25) is 0 Å². The largest absolute Gasteiger partial charge is 0.400 e. The molecule has 1 aromatic rings. The molecule has 0 saturated carbocycles. The Morgan fingerprint density at radius 3 is 2.24 bits per heavy atom. The second kappa shape index (κ2) is 10.00. The number of aliphatic hydroxyl groups is 1. The normalized spacial score (nSPS) is 24.7. The topological polar surface area (TPSA) is 20.2 Å². The summed E-state index contributed by atoms with van der Waals surface area (Å²) in [6, 6.07) is 7.10. The lowest BCUT2D eigenvalue weighted by molar-refractivity contribution is 0.310. The molecule has 1 aliphatic carbocycles. The molecule has 2 rings (SSSR count). The van der Waals surface area contributed by atoms with Crippen molar-refractivity contribution in [2.45, 2.75) is 73.1 Å². The van der Waals surface area contributed by atoms with Gasteiger partial charge in [-0.25, -0.2) is 0 Å². The van der Waals surface area contributed by atoms with Crippen LogP contribution in [-0.4, -0.2) is 12.2 Å². The third-order valence-corrected chi connectivity index (χ3v) is 4.94. The zero-order valence-corrected chi connectivity index (χ0v) is 15.4. The summed E-state index contributed by atoms with van der Waals surface area (Å²) in [6.07, 6.45) is 2.66. The SMILES string of the molecule is CC.CCC(C)C1CC(C)C(C)c2cc(C)ccc21.CO. The van der Waals surface area contributed by atoms with E-state index in [0.29, 0.717) is 0 Å². The smallest absolute Gasteiger partial charge is 0.0319 e. The zero-order valence-electron chi connectivity index (χ0n) is 15.4. The Balaban J connectivity index is 0.000000921. The zero-order chi connectivity index (χ0) is 16.6. The van der Waals surface area contributed by atoms with E-state index in [9.17, 15) is 0 Å². The molecule has 1 heteroatoms. The number of rotatable bonds is 2. The molecule has 0 fully saturated rings. The van der Waals surface area contributed by atoms with E-state index in [0.717, 1.165) is 30.8 Å². The molecule has 4 atom stereocenters. The minimum absolute atomic E-state index is 0.727. The maximum Gasteiger partial charge on any atom is 0.0319 e. The van der Waals surface area contributed by atoms with E-state index >= 15 is 0 Å². The van der Waals surface area contributed by atoms with Crippen molar-refractivity contribution in [3.8, 4) is 0 Å². The monoisotopic (exact) mass is 292 g/mol. The van der Waals surface area contributed by atoms with Gasteiger partial charge in [0.15, 0.2) is 0 Å². The van der Waals surface area contributed by atoms with E-state index in [1.165, 1.54) is 18.4 Å². The first-order chi connectivity index (χ1) is 10.0. The molecule has 0 bridgehead atoms. The number of fused-ring (bicyclic) bond motifs is 1. The fourth-order valence-corrected chi connectivity index (χ4v) is 3.29. The maximum atomic E-state index is 7.00. The average molecular weight is 293 g/mol. The molecule has 0 amide bonds. The van der Waals surface area contributed by atoms with E-state index in [1.54, 1.807) is 11.1 Å². The first-order valence-electron chi connectivity index (χ1n) is 8.59. The Kier molecular flexibility index (Phi) is 9.61. The lowest BCUT2D eigenvalue weighted by Crippen LogP contribution is -2.24. The Bertz CT molecular complexity index is 397. The van der Waals surface area contributed by atoms with E-state index in [-0.39, 0.29) is 0 Å². The van der Waals surface area contributed by atoms with Gasteiger partial charge in [-0.15, -0.1) is 0 Å². The van der Waals surface area contributed by atoms with Crippen LogP contribution in [0, 0.1) is 18.8 Å². The van der Waals surface area contributed by atoms with Crippen molar-refractivity contribution in [3.63, 3.8) is 0 Å². The fourth-order valence-electron chi connectivity index (χ4n) is 3.29. The second-order valence-electron chi connectivity index (χ2n) is 6.13. The molecule has 1 N–H and O–H groups in total. The summed E-state index contributed by atoms with van der Waals surface area (Å²) < 4.78 is 0. The summed E-state index contributed by atoms with van der Waals surface area (Å²) in [6.45, 7) is 15.8. The lowest BCUT2D eigenvalue weighted by atomic mass is 9.67. The highest BCUT2D eigenvalue weighted by Crippen LogP contribution is 2.46. The van der Waals surface area contributed by atoms with E-state index in [1.807, 2.05) is 13.8 Å². The average Bonchev–Trinajstić information content (AvgIpc) is 2.54. The van der Waals surface area contributed by atoms with Gasteiger partial charge in [-0.1, -0.05) is 71.7 Å². The van der Waals surface area contributed by atoms with Gasteiger partial charge in [0.25, 0.3) is 0 Å². The molecule has 4 unspecified atom stereocenters. The Morgan fingerprint density at radius 1 is 1.14 bits per heavy atom. The number of aliphatic hydroxyl groups excluding tert-OH is 1. The summed E-state index contributed by atoms with van der Waals surface area (Å²) in [5.41, 5.74) is 4.66. The first-order valence-corrected chi connectivity index (χ1v) is 8.59. The highest BCUT2D eigenvalue weighted by molar-refractivity contribution is 5.39. The standard InChI is InChI=1S/C17H26.C2H6.CH4O/c1-6-12(3)16-10-13(4)14(5)17-9-11(2)7-8-15(16)17;2*1-2/h7-9,12-14,16H,6,10H2,1-5H3;1-2H3;2H,1H3. The van der Waals surface area contributed by atoms with Crippen molar-refractivity contribution in [2.75, 3.05) is 7.11 Å². The van der Waals surface area contributed by atoms with E-state index in [2.05, 4.69) is 52.8 Å². The van der Waals surface area contributed by atoms with Crippen LogP contribution < -0.4 is 0 Å². The Hall–Kier alpha value is -0.820. The first kappa shape index (κ1) is 20.2. The molecule has 0 heterocycles. The summed E-state index contributed by atoms with van der Waals surface area (Å²) in [5, 5.41) is 7.00. The number of aryl methyl sites for hydroxylation is 1. The van der Waals surface area contributed by atoms with Gasteiger partial charge < -0.3 is 5.11 Å². The third kappa shape index (κ3) is 4.85. The highest BCUT2D eigenvalue weighted by atomic mass is 16.2. The van der Waals surface area contributed by atoms with Crippen LogP contribution in [0.1, 0.15) is 82.9 Å². The van der Waals surface area contributed by atoms with E-state index < -0.39 is 0 Å². The van der Waals surface area contributed by atoms with Crippen molar-refractivity contribution in [1.29, 1.82) is 0 Å². The highest BCUT2D eigenvalue weighted by Gasteiger charge is 2.32. The summed E-state index contributed by atoms with van der Waals surface area (Å²) in [4.78, 5) is 0. The van der Waals surface area contributed by atoms with Crippen molar-refractivity contribution in [1.82, 2.24) is 0 Å². The third-order valence-electron chi connectivity index (χ3n) is 4.94. The fraction of sp³-hybridized carbons (Fsp3) is 0.700. The molecule has 122 valence electrons. The van der Waals surface area contributed by atoms with Gasteiger partial charge in [-0.05, 0) is 48.1 Å². The van der Waals surface area contributed by atoms with Gasteiger partial charge in [-0.2, -0.15) is 0 Å². The van der Waals surface area contributed by atoms with Gasteiger partial charge >= 0.3 is 0 Å². The second-order valence-corrected chi connectivity index (χ2v) is 6.13. The van der Waals surface area contributed by atoms with Crippen molar-refractivity contribution < 1.29 is 5.11 Å². The van der Waals surface area contributed by atoms with Crippen molar-refractivity contribution in [3.05, 3.63) is 34.9 Å². The molecule has 1 aliphatic rings. The number of hydrogen-bond donors (Lipinski definition) is 1. The predicted octanol–water partition coefficient (Wildman–Crippen LogP) is 5.90. The van der Waals surface area contributed by atoms with E-state index in [4.69, 9.17) is 5.11 Å². The van der Waals surface area contributed by atoms with Crippen LogP contribution in [-0.2, 0) is 0 Å². The number of benzene rings is 1. The molecule has 1 nitrogen and oxygen atoms in total. The van der Waals surface area contributed by atoms with Crippen molar-refractivity contribution in [2.24, 2.45) is 11.8 Å². The van der Waals surface area contributed by atoms with Crippen molar-refractivity contribution >= 4 is 0 Å². The molecule has 0 aliphatic heterocycles. The maximum absolute atomic E-state index is 7.00. The van der Waals surface area contributed by atoms with Crippen LogP contribution >= 0.6 is 0 Å². The van der Waals surface area contributed by atoms with Crippen LogP contribution in [0.5, 0.6) is 0 Å². The Morgan fingerprint density at radius 2 is 1.71 bits per heavy atom. The van der Waals surface area contributed by atoms with Crippen LogP contribution in [0.25, 0.3) is 0 Å². The minimum atomic E-state index is 0.727. The van der Waals surface area contributed by atoms with Gasteiger partial charge in [0, 0.05) is 7.11 Å². The molecule has 0 radical (unpaired) electrons. The van der Waals surface area contributed by atoms with Gasteiger partial charge in [0.2, 0.25) is 0 Å². The molecular formula is C20H36O. The quantitative estimate of drug-likeness (QED) is 0.719.